The Morgan fingerprint density at radius 3 is 2.03 bits per heavy atom. The molecule has 10 rings (SSSR count). The quantitative estimate of drug-likeness (QED) is 0.135. The van der Waals surface area contributed by atoms with E-state index in [0.29, 0.717) is 23.0 Å². The zero-order chi connectivity index (χ0) is 44.6. The first-order chi connectivity index (χ1) is 30.7. The summed E-state index contributed by atoms with van der Waals surface area (Å²) in [5.74, 6) is -0.457. The molecule has 6 aromatic carbocycles. The van der Waals surface area contributed by atoms with Crippen LogP contribution in [0.3, 0.4) is 0 Å². The van der Waals surface area contributed by atoms with Crippen molar-refractivity contribution in [3.63, 3.8) is 0 Å². The minimum absolute atomic E-state index is 0. The number of pyridine rings is 1. The molecule has 0 saturated heterocycles. The first kappa shape index (κ1) is 44.4. The molecule has 0 unspecified atom stereocenters. The van der Waals surface area contributed by atoms with Crippen molar-refractivity contribution >= 4 is 44.6 Å². The maximum Gasteiger partial charge on any atom is 0.136 e. The first-order valence-corrected chi connectivity index (χ1v) is 22.3. The second kappa shape index (κ2) is 17.2. The van der Waals surface area contributed by atoms with Crippen LogP contribution in [0, 0.1) is 36.3 Å². The van der Waals surface area contributed by atoms with Gasteiger partial charge in [0.1, 0.15) is 23.3 Å². The van der Waals surface area contributed by atoms with Crippen LogP contribution < -0.4 is 14.5 Å². The average molecular weight is 1050 g/mol. The topological polar surface area (TPSA) is 33.5 Å². The number of halogens is 3. The van der Waals surface area contributed by atoms with Crippen LogP contribution in [0.15, 0.2) is 115 Å². The van der Waals surface area contributed by atoms with Crippen LogP contribution in [0.1, 0.15) is 108 Å². The fraction of sp³-hybridized carbons (Fsp3) is 0.250. The first-order valence-electron chi connectivity index (χ1n) is 22.3. The maximum absolute atomic E-state index is 15.3. The van der Waals surface area contributed by atoms with Gasteiger partial charge in [-0.3, -0.25) is 0 Å². The van der Waals surface area contributed by atoms with E-state index in [4.69, 9.17) is 9.72 Å². The van der Waals surface area contributed by atoms with E-state index >= 15 is 8.78 Å². The van der Waals surface area contributed by atoms with Crippen molar-refractivity contribution in [2.24, 2.45) is 0 Å². The molecule has 0 spiro atoms. The molecule has 8 aromatic rings. The number of fused-ring (bicyclic) bond motifs is 4. The number of ether oxygens (including phenoxy) is 1. The number of aromatic nitrogens is 2. The Morgan fingerprint density at radius 2 is 1.38 bits per heavy atom. The van der Waals surface area contributed by atoms with Crippen molar-refractivity contribution in [2.45, 2.75) is 90.9 Å². The summed E-state index contributed by atoms with van der Waals surface area (Å²) in [5, 5.41) is 2.17. The zero-order valence-corrected chi connectivity index (χ0v) is 39.8. The van der Waals surface area contributed by atoms with Gasteiger partial charge in [-0.2, -0.15) is 6.07 Å². The number of nitrogens with zero attached hydrogens (tertiary/aromatic N) is 4. The number of benzene rings is 6. The van der Waals surface area contributed by atoms with Gasteiger partial charge in [0.25, 0.3) is 0 Å². The van der Waals surface area contributed by atoms with Gasteiger partial charge in [-0.25, -0.2) is 18.2 Å². The minimum Gasteiger partial charge on any atom is -0.509 e. The molecular weight excluding hydrogens is 997 g/mol. The van der Waals surface area contributed by atoms with Crippen molar-refractivity contribution in [3.05, 3.63) is 174 Å². The van der Waals surface area contributed by atoms with Gasteiger partial charge in [-0.05, 0) is 106 Å². The normalized spacial score (nSPS) is 14.1. The second-order valence-corrected chi connectivity index (χ2v) is 18.9. The van der Waals surface area contributed by atoms with Crippen LogP contribution in [-0.2, 0) is 26.5 Å². The van der Waals surface area contributed by atoms with Crippen LogP contribution in [-0.4, -0.2) is 9.55 Å². The van der Waals surface area contributed by atoms with E-state index in [1.807, 2.05) is 36.5 Å². The number of rotatable bonds is 9. The second-order valence-electron chi connectivity index (χ2n) is 18.9. The molecule has 1 saturated carbocycles. The summed E-state index contributed by atoms with van der Waals surface area (Å²) in [6.07, 6.45) is 5.27. The number of para-hydroxylation sites is 3. The van der Waals surface area contributed by atoms with Gasteiger partial charge >= 0.3 is 0 Å². The third kappa shape index (κ3) is 8.02. The van der Waals surface area contributed by atoms with Crippen molar-refractivity contribution in [3.8, 4) is 28.4 Å². The smallest absolute Gasteiger partial charge is 0.136 e. The maximum atomic E-state index is 15.3. The molecule has 65 heavy (non-hydrogen) atoms. The Hall–Kier alpha value is -5.85. The molecule has 1 fully saturated rings. The summed E-state index contributed by atoms with van der Waals surface area (Å²) in [7, 11) is 0. The Bertz CT molecular complexity index is 3060. The van der Waals surface area contributed by atoms with Crippen LogP contribution in [0.4, 0.5) is 35.9 Å². The average Bonchev–Trinajstić information content (AvgIpc) is 3.78. The van der Waals surface area contributed by atoms with Crippen molar-refractivity contribution in [1.82, 2.24) is 9.55 Å². The van der Waals surface area contributed by atoms with Gasteiger partial charge in [0.15, 0.2) is 0 Å². The van der Waals surface area contributed by atoms with Gasteiger partial charge in [-0.1, -0.05) is 90.7 Å². The number of hydrogen-bond acceptors (Lipinski definition) is 4. The van der Waals surface area contributed by atoms with Gasteiger partial charge in [0.2, 0.25) is 0 Å². The predicted octanol–water partition coefficient (Wildman–Crippen LogP) is 15.9. The predicted molar refractivity (Wildman–Crippen MR) is 253 cm³/mol. The summed E-state index contributed by atoms with van der Waals surface area (Å²) < 4.78 is 53.7. The van der Waals surface area contributed by atoms with Crippen molar-refractivity contribution in [2.75, 3.05) is 9.80 Å². The van der Waals surface area contributed by atoms with E-state index < -0.39 is 17.5 Å². The molecular formula is C56H50F3N4OPt-3. The van der Waals surface area contributed by atoms with E-state index in [1.165, 1.54) is 17.5 Å². The molecule has 0 radical (unpaired) electrons. The van der Waals surface area contributed by atoms with Gasteiger partial charge < -0.3 is 19.1 Å². The minimum atomic E-state index is -0.947. The molecule has 1 aliphatic carbocycles. The number of hydrogen-bond donors (Lipinski definition) is 0. The number of anilines is 4. The summed E-state index contributed by atoms with van der Waals surface area (Å²) in [4.78, 5) is 9.20. The van der Waals surface area contributed by atoms with E-state index in [0.717, 1.165) is 86.5 Å². The van der Waals surface area contributed by atoms with E-state index in [-0.39, 0.29) is 43.9 Å². The SMILES string of the molecule is CC(C)c1cc(-c2c(F)cc(F)cc2F)cc(C(C)C)c1N1[CH-]N(c2[c-]c(Oc3[c-]c4c(cc3)c3ccccc3n4-c3cc(C(C)(C)C)ccn3)cc(C3CCC3)c2)c2ccccc21.[Pt]. The monoisotopic (exact) mass is 1050 g/mol. The molecule has 2 aliphatic rings. The molecule has 1 aliphatic heterocycles. The fourth-order valence-corrected chi connectivity index (χ4v) is 9.29. The Labute approximate surface area is 394 Å². The Morgan fingerprint density at radius 1 is 0.723 bits per heavy atom. The summed E-state index contributed by atoms with van der Waals surface area (Å²) >= 11 is 0. The molecule has 2 aromatic heterocycles. The molecule has 0 amide bonds. The van der Waals surface area contributed by atoms with Gasteiger partial charge in [-0.15, -0.1) is 53.6 Å². The van der Waals surface area contributed by atoms with Crippen LogP contribution in [0.5, 0.6) is 11.5 Å². The molecule has 5 nitrogen and oxygen atoms in total. The van der Waals surface area contributed by atoms with Gasteiger partial charge in [0, 0.05) is 73.5 Å². The van der Waals surface area contributed by atoms with Gasteiger partial charge in [0.05, 0.1) is 5.56 Å². The Kier molecular flexibility index (Phi) is 11.7. The molecule has 9 heteroatoms. The summed E-state index contributed by atoms with van der Waals surface area (Å²) in [6, 6.07) is 41.8. The third-order valence-corrected chi connectivity index (χ3v) is 12.9. The zero-order valence-electron chi connectivity index (χ0n) is 37.5. The largest absolute Gasteiger partial charge is 0.509 e. The third-order valence-electron chi connectivity index (χ3n) is 12.9. The van der Waals surface area contributed by atoms with Crippen molar-refractivity contribution < 1.29 is 39.0 Å². The van der Waals surface area contributed by atoms with Crippen LogP contribution in [0.2, 0.25) is 0 Å². The van der Waals surface area contributed by atoms with Crippen LogP contribution >= 0.6 is 0 Å². The van der Waals surface area contributed by atoms with Crippen LogP contribution in [0.25, 0.3) is 38.8 Å². The molecule has 0 atom stereocenters. The molecule has 0 bridgehead atoms. The molecule has 3 heterocycles. The molecule has 334 valence electrons. The summed E-state index contributed by atoms with van der Waals surface area (Å²) in [6.45, 7) is 17.0. The van der Waals surface area contributed by atoms with E-state index in [9.17, 15) is 4.39 Å². The van der Waals surface area contributed by atoms with E-state index in [1.54, 1.807) is 0 Å². The fourth-order valence-electron chi connectivity index (χ4n) is 9.29. The van der Waals surface area contributed by atoms with Crippen molar-refractivity contribution in [1.29, 1.82) is 0 Å². The summed E-state index contributed by atoms with van der Waals surface area (Å²) in [5.41, 5.74) is 9.92. The van der Waals surface area contributed by atoms with E-state index in [2.05, 4.69) is 148 Å². The standard InChI is InChI=1S/C56H50F3N4O.Pt/c1-33(2)45-25-37(54-47(58)28-39(57)29-48(54)59)26-46(34(3)4)55(45)62-32-61(50-17-10-11-18-51(50)62)40-23-36(35-13-12-14-35)24-42(30-40)64-41-19-20-44-43-15-8-9-16-49(43)63(52(44)31-41)53-27-38(21-22-60-53)56(5,6)7;/h8-11,15-29,32-35H,12-14H2,1-7H3;/q-3;. The molecule has 0 N–H and O–H groups in total. The Balaban J connectivity index is 0.00000533.